The van der Waals surface area contributed by atoms with Gasteiger partial charge in [0.1, 0.15) is 18.1 Å². The summed E-state index contributed by atoms with van der Waals surface area (Å²) in [5, 5.41) is 8.91. The van der Waals surface area contributed by atoms with E-state index in [1.54, 1.807) is 12.1 Å². The van der Waals surface area contributed by atoms with E-state index in [4.69, 9.17) is 9.84 Å². The molecule has 2 aromatic rings. The van der Waals surface area contributed by atoms with Crippen LogP contribution >= 0.6 is 54.4 Å². The van der Waals surface area contributed by atoms with Crippen LogP contribution in [0.5, 0.6) is 11.5 Å². The van der Waals surface area contributed by atoms with Gasteiger partial charge in [0.05, 0.1) is 19.1 Å². The highest BCUT2D eigenvalue weighted by Gasteiger charge is 2.56. The lowest BCUT2D eigenvalue weighted by Crippen LogP contribution is -2.61. The zero-order valence-corrected chi connectivity index (χ0v) is 23.6. The smallest absolute Gasteiger partial charge is 0.232 e. The Morgan fingerprint density at radius 3 is 2.34 bits per heavy atom. The van der Waals surface area contributed by atoms with Crippen molar-refractivity contribution >= 4 is 60.3 Å². The summed E-state index contributed by atoms with van der Waals surface area (Å²) in [5.74, 6) is 8.20. The van der Waals surface area contributed by atoms with Crippen LogP contribution in [-0.2, 0) is 4.79 Å². The summed E-state index contributed by atoms with van der Waals surface area (Å²) in [6.45, 7) is 6.62. The second kappa shape index (κ2) is 11.2. The normalized spacial score (nSPS) is 22.1. The Kier molecular flexibility index (Phi) is 8.88. The van der Waals surface area contributed by atoms with Crippen LogP contribution in [0.25, 0.3) is 0 Å². The molecule has 1 unspecified atom stereocenters. The number of carbonyl (C=O) groups is 1. The van der Waals surface area contributed by atoms with Crippen LogP contribution in [0.3, 0.4) is 0 Å². The number of carbonyl (C=O) groups excluding carboxylic acids is 1. The highest BCUT2D eigenvalue weighted by molar-refractivity contribution is 14.1. The van der Waals surface area contributed by atoms with Gasteiger partial charge in [-0.25, -0.2) is 0 Å². The Bertz CT molecular complexity index is 1070. The molecule has 1 fully saturated rings. The van der Waals surface area contributed by atoms with E-state index in [-0.39, 0.29) is 17.9 Å². The number of para-hydroxylation sites is 2. The third-order valence-corrected chi connectivity index (χ3v) is 7.90. The molecule has 4 nitrogen and oxygen atoms in total. The summed E-state index contributed by atoms with van der Waals surface area (Å²) >= 11 is 4.33. The predicted octanol–water partition coefficient (Wildman–Crippen LogP) is 5.68. The van der Waals surface area contributed by atoms with Crippen LogP contribution in [0, 0.1) is 30.8 Å². The van der Waals surface area contributed by atoms with E-state index in [1.807, 2.05) is 48.2 Å². The number of ether oxygens (including phenoxy) is 1. The van der Waals surface area contributed by atoms with E-state index in [0.717, 1.165) is 24.2 Å². The molecule has 1 amide bonds. The maximum Gasteiger partial charge on any atom is 0.232 e. The minimum atomic E-state index is 0.0985. The number of hydrogen-bond donors (Lipinski definition) is 1. The van der Waals surface area contributed by atoms with Crippen molar-refractivity contribution in [2.75, 3.05) is 6.61 Å². The number of fused-ring (bicyclic) bond motifs is 1. The lowest BCUT2D eigenvalue weighted by molar-refractivity contribution is -0.152. The van der Waals surface area contributed by atoms with Gasteiger partial charge in [0.25, 0.3) is 0 Å². The standard InChI is InChI=1S/C19H21INO2P.C6H5IO/c1-11-14(7-6-10-23-16-9-5-4-8-15(16)20)12(2)21-18(11)17(13(3)24)19(21)22;7-5-3-1-2-4-6(5)8/h4-5,8-9,11,13,17-18H,10,24H2,1-3H3;1-4,8H/t11-,13+,17+,18+;/m0./s1. The first-order valence-corrected chi connectivity index (χ1v) is 13.2. The van der Waals surface area contributed by atoms with Gasteiger partial charge in [0.15, 0.2) is 0 Å². The van der Waals surface area contributed by atoms with Gasteiger partial charge in [0, 0.05) is 17.2 Å². The molecule has 1 saturated heterocycles. The quantitative estimate of drug-likeness (QED) is 0.198. The van der Waals surface area contributed by atoms with E-state index in [9.17, 15) is 4.79 Å². The van der Waals surface area contributed by atoms with E-state index in [0.29, 0.717) is 23.9 Å². The van der Waals surface area contributed by atoms with Crippen LogP contribution in [0.2, 0.25) is 0 Å². The minimum absolute atomic E-state index is 0.0985. The van der Waals surface area contributed by atoms with Crippen molar-refractivity contribution < 1.29 is 14.6 Å². The van der Waals surface area contributed by atoms with E-state index >= 15 is 0 Å². The third-order valence-electron chi connectivity index (χ3n) is 5.69. The lowest BCUT2D eigenvalue weighted by Gasteiger charge is -2.47. The number of halogens is 2. The van der Waals surface area contributed by atoms with Crippen LogP contribution in [-0.4, -0.2) is 34.2 Å². The molecule has 7 heteroatoms. The molecule has 32 heavy (non-hydrogen) atoms. The fourth-order valence-corrected chi connectivity index (χ4v) is 5.41. The van der Waals surface area contributed by atoms with Crippen LogP contribution in [0.1, 0.15) is 20.8 Å². The average Bonchev–Trinajstić information content (AvgIpc) is 2.95. The first kappa shape index (κ1) is 25.3. The Balaban J connectivity index is 0.000000305. The number of amides is 1. The number of phenols is 1. The molecule has 168 valence electrons. The molecule has 0 radical (unpaired) electrons. The Hall–Kier alpha value is -1.30. The Morgan fingerprint density at radius 2 is 1.78 bits per heavy atom. The second-order valence-electron chi connectivity index (χ2n) is 7.84. The van der Waals surface area contributed by atoms with Gasteiger partial charge in [0.2, 0.25) is 5.91 Å². The molecule has 0 saturated carbocycles. The highest BCUT2D eigenvalue weighted by Crippen LogP contribution is 2.47. The molecule has 2 aliphatic heterocycles. The van der Waals surface area contributed by atoms with Crippen LogP contribution < -0.4 is 4.74 Å². The molecule has 2 aromatic carbocycles. The number of aromatic hydroxyl groups is 1. The summed E-state index contributed by atoms with van der Waals surface area (Å²) in [5.41, 5.74) is 2.39. The van der Waals surface area contributed by atoms with Gasteiger partial charge in [-0.05, 0) is 82.0 Å². The van der Waals surface area contributed by atoms with Gasteiger partial charge in [-0.3, -0.25) is 4.79 Å². The number of nitrogens with zero attached hydrogens (tertiary/aromatic N) is 1. The number of allylic oxidation sites excluding steroid dienone is 1. The fraction of sp³-hybridized carbons (Fsp3) is 0.320. The molecule has 2 aliphatic rings. The highest BCUT2D eigenvalue weighted by atomic mass is 127. The maximum atomic E-state index is 12.3. The lowest BCUT2D eigenvalue weighted by atomic mass is 9.79. The summed E-state index contributed by atoms with van der Waals surface area (Å²) in [6.07, 6.45) is 0. The monoisotopic (exact) mass is 673 g/mol. The van der Waals surface area contributed by atoms with Gasteiger partial charge in [-0.15, -0.1) is 9.24 Å². The summed E-state index contributed by atoms with van der Waals surface area (Å²) in [7, 11) is 2.77. The molecule has 1 N–H and O–H groups in total. The zero-order valence-electron chi connectivity index (χ0n) is 18.2. The number of hydrogen-bond acceptors (Lipinski definition) is 3. The fourth-order valence-electron chi connectivity index (χ4n) is 4.08. The van der Waals surface area contributed by atoms with E-state index < -0.39 is 0 Å². The van der Waals surface area contributed by atoms with Gasteiger partial charge < -0.3 is 14.7 Å². The summed E-state index contributed by atoms with van der Waals surface area (Å²) < 4.78 is 7.70. The third kappa shape index (κ3) is 5.43. The molecule has 4 rings (SSSR count). The number of rotatable bonds is 3. The van der Waals surface area contributed by atoms with E-state index in [1.165, 1.54) is 0 Å². The van der Waals surface area contributed by atoms with E-state index in [2.05, 4.69) is 80.1 Å². The van der Waals surface area contributed by atoms with Crippen molar-refractivity contribution in [3.8, 4) is 23.3 Å². The molecule has 0 aromatic heterocycles. The largest absolute Gasteiger partial charge is 0.507 e. The van der Waals surface area contributed by atoms with Crippen LogP contribution in [0.4, 0.5) is 0 Å². The topological polar surface area (TPSA) is 49.8 Å². The van der Waals surface area contributed by atoms with Crippen molar-refractivity contribution in [2.24, 2.45) is 11.8 Å². The molecule has 0 spiro atoms. The van der Waals surface area contributed by atoms with Gasteiger partial charge >= 0.3 is 0 Å². The van der Waals surface area contributed by atoms with Crippen molar-refractivity contribution in [2.45, 2.75) is 32.5 Å². The van der Waals surface area contributed by atoms with Crippen molar-refractivity contribution in [3.63, 3.8) is 0 Å². The Morgan fingerprint density at radius 1 is 1.16 bits per heavy atom. The molecule has 0 aliphatic carbocycles. The summed E-state index contributed by atoms with van der Waals surface area (Å²) in [6, 6.07) is 15.4. The molecule has 0 bridgehead atoms. The van der Waals surface area contributed by atoms with Gasteiger partial charge in [-0.1, -0.05) is 50.0 Å². The predicted molar refractivity (Wildman–Crippen MR) is 148 cm³/mol. The van der Waals surface area contributed by atoms with Crippen molar-refractivity contribution in [1.29, 1.82) is 0 Å². The maximum absolute atomic E-state index is 12.3. The molecular formula is C25H26I2NO3P. The minimum Gasteiger partial charge on any atom is -0.507 e. The average molecular weight is 673 g/mol. The first-order valence-electron chi connectivity index (χ1n) is 10.3. The first-order chi connectivity index (χ1) is 15.2. The zero-order chi connectivity index (χ0) is 23.4. The number of β-lactam (4-membered cyclic amide) rings is 1. The number of phenolic OH excluding ortho intramolecular Hbond substituents is 1. The van der Waals surface area contributed by atoms with Crippen LogP contribution in [0.15, 0.2) is 59.8 Å². The molecule has 5 atom stereocenters. The van der Waals surface area contributed by atoms with Crippen molar-refractivity contribution in [1.82, 2.24) is 4.90 Å². The number of benzene rings is 2. The van der Waals surface area contributed by atoms with Crippen molar-refractivity contribution in [3.05, 3.63) is 66.9 Å². The van der Waals surface area contributed by atoms with Gasteiger partial charge in [-0.2, -0.15) is 0 Å². The Labute approximate surface area is 219 Å². The summed E-state index contributed by atoms with van der Waals surface area (Å²) in [4.78, 5) is 14.3. The molecule has 2 heterocycles. The second-order valence-corrected chi connectivity index (χ2v) is 11.2. The SMILES string of the molecule is CC1=C(C#CCOc2ccccc2I)[C@H](C)[C@@H]2[C@@H]([C@@H](C)P)C(=O)N12.Oc1ccccc1I. The molecular weight excluding hydrogens is 647 g/mol.